The number of hydrogen-bond donors (Lipinski definition) is 2. The van der Waals surface area contributed by atoms with Crippen molar-refractivity contribution in [1.82, 2.24) is 14.6 Å². The van der Waals surface area contributed by atoms with Gasteiger partial charge in [0.1, 0.15) is 10.5 Å². The smallest absolute Gasteiger partial charge is 0.412 e. The summed E-state index contributed by atoms with van der Waals surface area (Å²) >= 11 is 0. The topological polar surface area (TPSA) is 101 Å². The van der Waals surface area contributed by atoms with Crippen LogP contribution in [0.1, 0.15) is 53.2 Å². The van der Waals surface area contributed by atoms with Gasteiger partial charge < -0.3 is 4.74 Å². The molecule has 1 fully saturated rings. The number of aryl methyl sites for hydroxylation is 1. The van der Waals surface area contributed by atoms with Crippen LogP contribution in [0.3, 0.4) is 0 Å². The molecule has 2 heterocycles. The zero-order chi connectivity index (χ0) is 21.2. The Bertz CT molecular complexity index is 816. The summed E-state index contributed by atoms with van der Waals surface area (Å²) in [7, 11) is -3.73. The lowest BCUT2D eigenvalue weighted by Gasteiger charge is -2.31. The van der Waals surface area contributed by atoms with Crippen molar-refractivity contribution in [2.24, 2.45) is 0 Å². The van der Waals surface area contributed by atoms with Crippen LogP contribution in [-0.2, 0) is 14.8 Å². The summed E-state index contributed by atoms with van der Waals surface area (Å²) in [6, 6.07) is 1.40. The third-order valence-electron chi connectivity index (χ3n) is 4.75. The molecule has 0 aliphatic carbocycles. The van der Waals surface area contributed by atoms with Crippen molar-refractivity contribution in [3.8, 4) is 0 Å². The highest BCUT2D eigenvalue weighted by Crippen LogP contribution is 2.27. The molecule has 1 amide bonds. The van der Waals surface area contributed by atoms with Crippen molar-refractivity contribution in [1.29, 1.82) is 0 Å². The summed E-state index contributed by atoms with van der Waals surface area (Å²) in [5, 5.41) is 2.57. The van der Waals surface area contributed by atoms with E-state index in [2.05, 4.69) is 33.8 Å². The first-order chi connectivity index (χ1) is 12.8. The summed E-state index contributed by atoms with van der Waals surface area (Å²) in [6.07, 6.45) is 2.87. The third kappa shape index (κ3) is 6.15. The van der Waals surface area contributed by atoms with E-state index in [9.17, 15) is 13.2 Å². The van der Waals surface area contributed by atoms with Crippen LogP contribution in [0.4, 0.5) is 10.5 Å². The molecule has 1 aliphatic heterocycles. The molecule has 0 atom stereocenters. The minimum absolute atomic E-state index is 0.00448. The van der Waals surface area contributed by atoms with Crippen LogP contribution in [0, 0.1) is 6.92 Å². The lowest BCUT2D eigenvalue weighted by atomic mass is 10.0. The van der Waals surface area contributed by atoms with Gasteiger partial charge in [-0.3, -0.25) is 15.2 Å². The van der Waals surface area contributed by atoms with Crippen LogP contribution in [0.2, 0.25) is 0 Å². The molecule has 158 valence electrons. The first-order valence-electron chi connectivity index (χ1n) is 9.51. The Morgan fingerprint density at radius 1 is 1.36 bits per heavy atom. The van der Waals surface area contributed by atoms with Crippen molar-refractivity contribution in [2.75, 3.05) is 25.0 Å². The standard InChI is InChI=1S/C19H32N4O4S/c1-14-16(22-17(24)27-18(2,3)4)12-15(13-20-14)28(25,26)21-9-11-23-10-7-8-19(23,5)6/h12-13,21H,7-11H2,1-6H3,(H,22,24). The second-order valence-corrected chi connectivity index (χ2v) is 10.5. The third-order valence-corrected chi connectivity index (χ3v) is 6.18. The van der Waals surface area contributed by atoms with E-state index in [1.807, 2.05) is 0 Å². The number of likely N-dealkylation sites (tertiary alicyclic amines) is 1. The Morgan fingerprint density at radius 3 is 2.61 bits per heavy atom. The summed E-state index contributed by atoms with van der Waals surface area (Å²) in [5.74, 6) is 0. The van der Waals surface area contributed by atoms with Gasteiger partial charge in [-0.25, -0.2) is 17.9 Å². The molecule has 0 saturated carbocycles. The molecule has 0 spiro atoms. The van der Waals surface area contributed by atoms with E-state index in [0.29, 0.717) is 24.5 Å². The van der Waals surface area contributed by atoms with Gasteiger partial charge in [-0.05, 0) is 67.0 Å². The van der Waals surface area contributed by atoms with Crippen molar-refractivity contribution in [3.63, 3.8) is 0 Å². The van der Waals surface area contributed by atoms with E-state index in [0.717, 1.165) is 19.4 Å². The maximum Gasteiger partial charge on any atom is 0.412 e. The van der Waals surface area contributed by atoms with Crippen molar-refractivity contribution in [3.05, 3.63) is 18.0 Å². The van der Waals surface area contributed by atoms with Crippen LogP contribution >= 0.6 is 0 Å². The largest absolute Gasteiger partial charge is 0.444 e. The van der Waals surface area contributed by atoms with E-state index < -0.39 is 21.7 Å². The summed E-state index contributed by atoms with van der Waals surface area (Å²) in [6.45, 7) is 13.2. The fourth-order valence-corrected chi connectivity index (χ4v) is 4.17. The number of nitrogens with zero attached hydrogens (tertiary/aromatic N) is 2. The Kier molecular flexibility index (Phi) is 6.73. The molecule has 1 aromatic heterocycles. The van der Waals surface area contributed by atoms with Crippen LogP contribution in [0.5, 0.6) is 0 Å². The summed E-state index contributed by atoms with van der Waals surface area (Å²) in [5.41, 5.74) is 0.253. The average Bonchev–Trinajstić information content (AvgIpc) is 2.86. The lowest BCUT2D eigenvalue weighted by Crippen LogP contribution is -2.42. The van der Waals surface area contributed by atoms with Crippen LogP contribution in [0.15, 0.2) is 17.2 Å². The predicted octanol–water partition coefficient (Wildman–Crippen LogP) is 2.89. The van der Waals surface area contributed by atoms with Gasteiger partial charge in [-0.15, -0.1) is 0 Å². The number of aromatic nitrogens is 1. The normalized spacial score (nSPS) is 17.5. The Hall–Kier alpha value is -1.71. The van der Waals surface area contributed by atoms with E-state index in [4.69, 9.17) is 4.74 Å². The van der Waals surface area contributed by atoms with E-state index >= 15 is 0 Å². The van der Waals surface area contributed by atoms with E-state index in [-0.39, 0.29) is 10.4 Å². The molecule has 0 aromatic carbocycles. The first-order valence-corrected chi connectivity index (χ1v) is 11.0. The number of pyridine rings is 1. The Morgan fingerprint density at radius 2 is 2.04 bits per heavy atom. The van der Waals surface area contributed by atoms with Gasteiger partial charge in [0.2, 0.25) is 10.0 Å². The number of anilines is 1. The minimum atomic E-state index is -3.73. The second kappa shape index (κ2) is 8.34. The number of carbonyl (C=O) groups excluding carboxylic acids is 1. The monoisotopic (exact) mass is 412 g/mol. The molecule has 2 N–H and O–H groups in total. The van der Waals surface area contributed by atoms with Crippen molar-refractivity contribution >= 4 is 21.8 Å². The van der Waals surface area contributed by atoms with Crippen molar-refractivity contribution < 1.29 is 17.9 Å². The first kappa shape index (κ1) is 22.6. The SMILES string of the molecule is Cc1ncc(S(=O)(=O)NCCN2CCCC2(C)C)cc1NC(=O)OC(C)(C)C. The molecule has 1 aromatic rings. The van der Waals surface area contributed by atoms with Gasteiger partial charge in [0.05, 0.1) is 11.4 Å². The molecule has 1 aliphatic rings. The van der Waals surface area contributed by atoms with E-state index in [1.54, 1.807) is 27.7 Å². The zero-order valence-electron chi connectivity index (χ0n) is 17.6. The van der Waals surface area contributed by atoms with Gasteiger partial charge >= 0.3 is 6.09 Å². The molecule has 0 unspecified atom stereocenters. The Labute approximate surface area is 168 Å². The number of sulfonamides is 1. The highest BCUT2D eigenvalue weighted by atomic mass is 32.2. The molecule has 0 bridgehead atoms. The maximum atomic E-state index is 12.6. The van der Waals surface area contributed by atoms with Gasteiger partial charge in [-0.1, -0.05) is 0 Å². The highest BCUT2D eigenvalue weighted by molar-refractivity contribution is 7.89. The number of carbonyl (C=O) groups is 1. The minimum Gasteiger partial charge on any atom is -0.444 e. The fraction of sp³-hybridized carbons (Fsp3) is 0.684. The van der Waals surface area contributed by atoms with Crippen molar-refractivity contribution in [2.45, 2.75) is 70.4 Å². The number of rotatable bonds is 6. The van der Waals surface area contributed by atoms with Crippen LogP contribution in [-0.4, -0.2) is 55.2 Å². The second-order valence-electron chi connectivity index (χ2n) is 8.73. The Balaban J connectivity index is 2.04. The van der Waals surface area contributed by atoms with Crippen LogP contribution < -0.4 is 10.0 Å². The number of hydrogen-bond acceptors (Lipinski definition) is 6. The number of amides is 1. The zero-order valence-corrected chi connectivity index (χ0v) is 18.4. The van der Waals surface area contributed by atoms with Gasteiger partial charge in [0, 0.05) is 24.8 Å². The quantitative estimate of drug-likeness (QED) is 0.745. The van der Waals surface area contributed by atoms with Gasteiger partial charge in [-0.2, -0.15) is 0 Å². The molecule has 2 rings (SSSR count). The number of nitrogens with one attached hydrogen (secondary N) is 2. The maximum absolute atomic E-state index is 12.6. The lowest BCUT2D eigenvalue weighted by molar-refractivity contribution is 0.0635. The summed E-state index contributed by atoms with van der Waals surface area (Å²) < 4.78 is 33.1. The van der Waals surface area contributed by atoms with E-state index in [1.165, 1.54) is 12.3 Å². The molecular formula is C19H32N4O4S. The highest BCUT2D eigenvalue weighted by Gasteiger charge is 2.31. The fourth-order valence-electron chi connectivity index (χ4n) is 3.18. The average molecular weight is 413 g/mol. The predicted molar refractivity (Wildman–Crippen MR) is 109 cm³/mol. The molecule has 1 saturated heterocycles. The molecule has 28 heavy (non-hydrogen) atoms. The molecule has 0 radical (unpaired) electrons. The summed E-state index contributed by atoms with van der Waals surface area (Å²) in [4.78, 5) is 18.4. The van der Waals surface area contributed by atoms with Gasteiger partial charge in [0.15, 0.2) is 0 Å². The number of ether oxygens (including phenoxy) is 1. The van der Waals surface area contributed by atoms with Gasteiger partial charge in [0.25, 0.3) is 0 Å². The molecule has 8 nitrogen and oxygen atoms in total. The molecular weight excluding hydrogens is 380 g/mol. The molecule has 9 heteroatoms. The van der Waals surface area contributed by atoms with Crippen LogP contribution in [0.25, 0.3) is 0 Å².